The Morgan fingerprint density at radius 1 is 1.00 bits per heavy atom. The normalized spacial score (nSPS) is 33.2. The molecule has 0 aromatic carbocycles. The lowest BCUT2D eigenvalue weighted by Gasteiger charge is -2.48. The van der Waals surface area contributed by atoms with E-state index in [0.29, 0.717) is 25.7 Å². The van der Waals surface area contributed by atoms with Gasteiger partial charge < -0.3 is 15.1 Å². The Labute approximate surface area is 136 Å². The van der Waals surface area contributed by atoms with E-state index in [-0.39, 0.29) is 32.0 Å². The minimum absolute atomic E-state index is 0.0666. The summed E-state index contributed by atoms with van der Waals surface area (Å²) in [5.74, 6) is -2.04. The number of amides is 2. The van der Waals surface area contributed by atoms with Crippen molar-refractivity contribution >= 4 is 11.8 Å². The molecule has 1 N–H and O–H groups in total. The summed E-state index contributed by atoms with van der Waals surface area (Å²) in [7, 11) is 0. The topological polar surface area (TPSA) is 52.7 Å². The number of halogens is 4. The molecule has 2 aliphatic carbocycles. The first-order valence-electron chi connectivity index (χ1n) is 8.25. The molecule has 4 fully saturated rings. The van der Waals surface area contributed by atoms with Gasteiger partial charge in [-0.2, -0.15) is 13.2 Å². The van der Waals surface area contributed by atoms with Crippen LogP contribution in [0.5, 0.6) is 0 Å². The maximum absolute atomic E-state index is 13.4. The van der Waals surface area contributed by atoms with E-state index in [1.54, 1.807) is 4.90 Å². The number of nitrogens with one attached hydrogen (secondary N) is 1. The fraction of sp³-hybridized carbons (Fsp3) is 0.867. The Bertz CT molecular complexity index is 586. The Morgan fingerprint density at radius 3 is 2.00 bits per heavy atom. The lowest BCUT2D eigenvalue weighted by molar-refractivity contribution is -0.194. The van der Waals surface area contributed by atoms with Gasteiger partial charge in [0.1, 0.15) is 6.17 Å². The monoisotopic (exact) mass is 349 g/mol. The van der Waals surface area contributed by atoms with Crippen molar-refractivity contribution in [3.63, 3.8) is 0 Å². The molecule has 2 saturated carbocycles. The van der Waals surface area contributed by atoms with Crippen LogP contribution >= 0.6 is 0 Å². The van der Waals surface area contributed by atoms with Crippen molar-refractivity contribution < 1.29 is 27.2 Å². The van der Waals surface area contributed by atoms with Crippen LogP contribution in [0.2, 0.25) is 0 Å². The van der Waals surface area contributed by atoms with Gasteiger partial charge >= 0.3 is 12.1 Å². The molecular formula is C15H19F4N3O2. The van der Waals surface area contributed by atoms with Gasteiger partial charge in [-0.15, -0.1) is 0 Å². The number of alkyl halides is 4. The van der Waals surface area contributed by atoms with Crippen molar-refractivity contribution in [2.24, 2.45) is 0 Å². The highest BCUT2D eigenvalue weighted by Crippen LogP contribution is 2.55. The molecular weight excluding hydrogens is 330 g/mol. The van der Waals surface area contributed by atoms with Crippen LogP contribution in [0.15, 0.2) is 0 Å². The van der Waals surface area contributed by atoms with Crippen LogP contribution in [0.25, 0.3) is 0 Å². The Hall–Kier alpha value is -1.38. The molecule has 2 spiro atoms. The van der Waals surface area contributed by atoms with E-state index in [4.69, 9.17) is 0 Å². The molecule has 24 heavy (non-hydrogen) atoms. The Morgan fingerprint density at radius 2 is 1.54 bits per heavy atom. The highest BCUT2D eigenvalue weighted by Gasteiger charge is 2.67. The van der Waals surface area contributed by atoms with Gasteiger partial charge in [0.2, 0.25) is 5.91 Å². The fourth-order valence-electron chi connectivity index (χ4n) is 4.06. The van der Waals surface area contributed by atoms with Crippen LogP contribution in [0, 0.1) is 0 Å². The first kappa shape index (κ1) is 16.1. The summed E-state index contributed by atoms with van der Waals surface area (Å²) in [6, 6.07) is -0.613. The van der Waals surface area contributed by atoms with Gasteiger partial charge in [-0.05, 0) is 25.7 Å². The second-order valence-electron chi connectivity index (χ2n) is 7.56. The minimum atomic E-state index is -4.90. The lowest BCUT2D eigenvalue weighted by atomic mass is 10.00. The molecule has 0 bridgehead atoms. The van der Waals surface area contributed by atoms with Gasteiger partial charge in [-0.3, -0.25) is 9.59 Å². The van der Waals surface area contributed by atoms with Crippen molar-refractivity contribution in [2.45, 2.75) is 61.6 Å². The summed E-state index contributed by atoms with van der Waals surface area (Å²) in [5, 5.41) is 2.85. The molecule has 134 valence electrons. The molecule has 2 heterocycles. The molecule has 0 radical (unpaired) electrons. The van der Waals surface area contributed by atoms with Crippen LogP contribution in [-0.4, -0.2) is 70.7 Å². The van der Waals surface area contributed by atoms with E-state index in [1.165, 1.54) is 0 Å². The molecule has 4 aliphatic rings. The highest BCUT2D eigenvalue weighted by molar-refractivity contribution is 5.86. The third-order valence-electron chi connectivity index (χ3n) is 5.83. The van der Waals surface area contributed by atoms with Gasteiger partial charge in [0, 0.05) is 26.1 Å². The molecule has 2 atom stereocenters. The SMILES string of the molecule is O=C([C@@H]1C[C@@H](F)CN1)N1CC2(CC2)N(C(=O)C(F)(F)F)CC12CC2. The minimum Gasteiger partial charge on any atom is -0.332 e. The standard InChI is InChI=1S/C15H19F4N3O2/c16-9-5-10(20-6-9)11(23)21-7-14(3-4-14)22(8-13(21)1-2-13)12(24)15(17,18)19/h9-10,20H,1-8H2/t9-,10+/m1/s1. The number of hydrogen-bond donors (Lipinski definition) is 1. The van der Waals surface area contributed by atoms with E-state index in [1.807, 2.05) is 0 Å². The van der Waals surface area contributed by atoms with Crippen molar-refractivity contribution in [1.82, 2.24) is 15.1 Å². The molecule has 4 rings (SSSR count). The van der Waals surface area contributed by atoms with Gasteiger partial charge in [0.25, 0.3) is 0 Å². The Balaban J connectivity index is 1.56. The van der Waals surface area contributed by atoms with E-state index in [9.17, 15) is 27.2 Å². The predicted molar refractivity (Wildman–Crippen MR) is 74.7 cm³/mol. The summed E-state index contributed by atoms with van der Waals surface area (Å²) in [4.78, 5) is 27.1. The summed E-state index contributed by atoms with van der Waals surface area (Å²) in [6.07, 6.45) is -3.76. The molecule has 2 amide bonds. The van der Waals surface area contributed by atoms with Gasteiger partial charge in [-0.1, -0.05) is 0 Å². The number of carbonyl (C=O) groups excluding carboxylic acids is 2. The van der Waals surface area contributed by atoms with Crippen LogP contribution in [0.3, 0.4) is 0 Å². The van der Waals surface area contributed by atoms with Gasteiger partial charge in [0.05, 0.1) is 17.1 Å². The first-order valence-corrected chi connectivity index (χ1v) is 8.25. The summed E-state index contributed by atoms with van der Waals surface area (Å²) >= 11 is 0. The molecule has 2 aliphatic heterocycles. The maximum atomic E-state index is 13.4. The summed E-state index contributed by atoms with van der Waals surface area (Å²) < 4.78 is 52.1. The number of piperazine rings is 1. The van der Waals surface area contributed by atoms with Crippen molar-refractivity contribution in [2.75, 3.05) is 19.6 Å². The Kier molecular flexibility index (Phi) is 3.24. The van der Waals surface area contributed by atoms with E-state index >= 15 is 0 Å². The second kappa shape index (κ2) is 4.83. The zero-order chi connectivity index (χ0) is 17.3. The molecule has 0 aromatic rings. The third-order valence-corrected chi connectivity index (χ3v) is 5.83. The number of hydrogen-bond acceptors (Lipinski definition) is 3. The van der Waals surface area contributed by atoms with Gasteiger partial charge in [-0.25, -0.2) is 4.39 Å². The number of rotatable bonds is 1. The van der Waals surface area contributed by atoms with Crippen molar-refractivity contribution in [3.8, 4) is 0 Å². The van der Waals surface area contributed by atoms with Gasteiger partial charge in [0.15, 0.2) is 0 Å². The van der Waals surface area contributed by atoms with Crippen molar-refractivity contribution in [1.29, 1.82) is 0 Å². The van der Waals surface area contributed by atoms with E-state index in [0.717, 1.165) is 4.90 Å². The van der Waals surface area contributed by atoms with E-state index in [2.05, 4.69) is 5.32 Å². The first-order chi connectivity index (χ1) is 11.2. The zero-order valence-corrected chi connectivity index (χ0v) is 13.0. The molecule has 0 unspecified atom stereocenters. The largest absolute Gasteiger partial charge is 0.471 e. The molecule has 9 heteroatoms. The lowest BCUT2D eigenvalue weighted by Crippen LogP contribution is -2.67. The molecule has 0 aromatic heterocycles. The fourth-order valence-corrected chi connectivity index (χ4v) is 4.06. The predicted octanol–water partition coefficient (Wildman–Crippen LogP) is 0.985. The highest BCUT2D eigenvalue weighted by atomic mass is 19.4. The smallest absolute Gasteiger partial charge is 0.332 e. The van der Waals surface area contributed by atoms with Crippen LogP contribution in [0.1, 0.15) is 32.1 Å². The van der Waals surface area contributed by atoms with Crippen LogP contribution < -0.4 is 5.32 Å². The van der Waals surface area contributed by atoms with Crippen LogP contribution in [0.4, 0.5) is 17.6 Å². The average molecular weight is 349 g/mol. The maximum Gasteiger partial charge on any atom is 0.471 e. The van der Waals surface area contributed by atoms with E-state index < -0.39 is 35.4 Å². The number of carbonyl (C=O) groups is 2. The zero-order valence-electron chi connectivity index (χ0n) is 13.0. The molecule has 5 nitrogen and oxygen atoms in total. The second-order valence-corrected chi connectivity index (χ2v) is 7.56. The molecule has 2 saturated heterocycles. The third kappa shape index (κ3) is 2.39. The summed E-state index contributed by atoms with van der Waals surface area (Å²) in [5.41, 5.74) is -1.58. The van der Waals surface area contributed by atoms with Crippen molar-refractivity contribution in [3.05, 3.63) is 0 Å². The summed E-state index contributed by atoms with van der Waals surface area (Å²) in [6.45, 7) is 0.187. The quantitative estimate of drug-likeness (QED) is 0.718. The average Bonchev–Trinajstić information content (AvgIpc) is 3.40. The number of nitrogens with zero attached hydrogens (tertiary/aromatic N) is 2. The van der Waals surface area contributed by atoms with Crippen LogP contribution in [-0.2, 0) is 9.59 Å².